The van der Waals surface area contributed by atoms with Crippen molar-refractivity contribution in [2.75, 3.05) is 26.1 Å². The Kier molecular flexibility index (Phi) is 6.58. The number of amides is 1. The van der Waals surface area contributed by atoms with Gasteiger partial charge < -0.3 is 9.64 Å². The summed E-state index contributed by atoms with van der Waals surface area (Å²) in [6, 6.07) is 7.59. The van der Waals surface area contributed by atoms with Crippen molar-refractivity contribution in [1.29, 1.82) is 0 Å². The molecule has 0 saturated carbocycles. The van der Waals surface area contributed by atoms with Gasteiger partial charge in [0.1, 0.15) is 5.75 Å². The van der Waals surface area contributed by atoms with Crippen molar-refractivity contribution in [1.82, 2.24) is 4.90 Å². The van der Waals surface area contributed by atoms with Crippen LogP contribution in [0.5, 0.6) is 5.75 Å². The normalized spacial score (nSPS) is 10.2. The maximum absolute atomic E-state index is 12.1. The SMILES string of the molecule is CCCN(CCCl)C(=O)Cc1cccc(OC)c1. The second-order valence-corrected chi connectivity index (χ2v) is 4.48. The van der Waals surface area contributed by atoms with Gasteiger partial charge in [-0.15, -0.1) is 11.6 Å². The molecule has 1 amide bonds. The van der Waals surface area contributed by atoms with E-state index in [4.69, 9.17) is 16.3 Å². The smallest absolute Gasteiger partial charge is 0.227 e. The number of benzene rings is 1. The summed E-state index contributed by atoms with van der Waals surface area (Å²) in [6.07, 6.45) is 1.34. The van der Waals surface area contributed by atoms with E-state index >= 15 is 0 Å². The molecule has 0 bridgehead atoms. The highest BCUT2D eigenvalue weighted by Gasteiger charge is 2.12. The lowest BCUT2D eigenvalue weighted by Gasteiger charge is -2.21. The quantitative estimate of drug-likeness (QED) is 0.713. The fourth-order valence-corrected chi connectivity index (χ4v) is 2.01. The number of carbonyl (C=O) groups excluding carboxylic acids is 1. The Hall–Kier alpha value is -1.22. The van der Waals surface area contributed by atoms with Crippen molar-refractivity contribution in [2.24, 2.45) is 0 Å². The Labute approximate surface area is 114 Å². The van der Waals surface area contributed by atoms with Crippen LogP contribution >= 0.6 is 11.6 Å². The molecule has 0 fully saturated rings. The fourth-order valence-electron chi connectivity index (χ4n) is 1.80. The third-order valence-electron chi connectivity index (χ3n) is 2.69. The summed E-state index contributed by atoms with van der Waals surface area (Å²) in [4.78, 5) is 13.9. The molecule has 0 saturated heterocycles. The molecule has 0 aliphatic heterocycles. The Morgan fingerprint density at radius 3 is 2.78 bits per heavy atom. The average Bonchev–Trinajstić information content (AvgIpc) is 2.38. The summed E-state index contributed by atoms with van der Waals surface area (Å²) < 4.78 is 5.15. The molecule has 3 nitrogen and oxygen atoms in total. The van der Waals surface area contributed by atoms with Crippen molar-refractivity contribution in [2.45, 2.75) is 19.8 Å². The first-order valence-corrected chi connectivity index (χ1v) is 6.71. The van der Waals surface area contributed by atoms with E-state index < -0.39 is 0 Å². The van der Waals surface area contributed by atoms with Crippen LogP contribution in [-0.4, -0.2) is 36.9 Å². The van der Waals surface area contributed by atoms with E-state index in [0.29, 0.717) is 18.8 Å². The second kappa shape index (κ2) is 7.98. The molecule has 18 heavy (non-hydrogen) atoms. The monoisotopic (exact) mass is 269 g/mol. The summed E-state index contributed by atoms with van der Waals surface area (Å²) in [5, 5.41) is 0. The van der Waals surface area contributed by atoms with Crippen LogP contribution in [0, 0.1) is 0 Å². The van der Waals surface area contributed by atoms with Gasteiger partial charge >= 0.3 is 0 Å². The predicted molar refractivity (Wildman–Crippen MR) is 74.3 cm³/mol. The third kappa shape index (κ3) is 4.57. The zero-order chi connectivity index (χ0) is 13.4. The van der Waals surface area contributed by atoms with Gasteiger partial charge in [-0.25, -0.2) is 0 Å². The largest absolute Gasteiger partial charge is 0.497 e. The number of halogens is 1. The minimum Gasteiger partial charge on any atom is -0.497 e. The number of ether oxygens (including phenoxy) is 1. The summed E-state index contributed by atoms with van der Waals surface area (Å²) >= 11 is 5.71. The van der Waals surface area contributed by atoms with Gasteiger partial charge in [0.05, 0.1) is 13.5 Å². The van der Waals surface area contributed by atoms with Gasteiger partial charge in [-0.1, -0.05) is 19.1 Å². The first-order valence-electron chi connectivity index (χ1n) is 6.18. The standard InChI is InChI=1S/C14H20ClNO2/c1-3-8-16(9-7-15)14(17)11-12-5-4-6-13(10-12)18-2/h4-6,10H,3,7-9,11H2,1-2H3. The summed E-state index contributed by atoms with van der Waals surface area (Å²) in [7, 11) is 1.62. The molecule has 0 aromatic heterocycles. The van der Waals surface area contributed by atoms with Crippen LogP contribution < -0.4 is 4.74 Å². The number of alkyl halides is 1. The van der Waals surface area contributed by atoms with Crippen molar-refractivity contribution in [3.63, 3.8) is 0 Å². The van der Waals surface area contributed by atoms with E-state index in [1.807, 2.05) is 29.2 Å². The van der Waals surface area contributed by atoms with Gasteiger partial charge in [0.2, 0.25) is 5.91 Å². The van der Waals surface area contributed by atoms with Gasteiger partial charge in [-0.2, -0.15) is 0 Å². The predicted octanol–water partition coefficient (Wildman–Crippen LogP) is 2.72. The third-order valence-corrected chi connectivity index (χ3v) is 2.86. The zero-order valence-electron chi connectivity index (χ0n) is 11.0. The van der Waals surface area contributed by atoms with Gasteiger partial charge in [-0.3, -0.25) is 4.79 Å². The maximum Gasteiger partial charge on any atom is 0.227 e. The minimum absolute atomic E-state index is 0.116. The topological polar surface area (TPSA) is 29.5 Å². The first-order chi connectivity index (χ1) is 8.71. The molecule has 0 radical (unpaired) electrons. The van der Waals surface area contributed by atoms with Crippen LogP contribution in [0.2, 0.25) is 0 Å². The van der Waals surface area contributed by atoms with Crippen molar-refractivity contribution >= 4 is 17.5 Å². The van der Waals surface area contributed by atoms with Crippen LogP contribution in [0.25, 0.3) is 0 Å². The van der Waals surface area contributed by atoms with Gasteiger partial charge in [0, 0.05) is 19.0 Å². The molecule has 0 aliphatic rings. The van der Waals surface area contributed by atoms with Crippen LogP contribution in [-0.2, 0) is 11.2 Å². The molecule has 100 valence electrons. The van der Waals surface area contributed by atoms with E-state index in [9.17, 15) is 4.79 Å². The van der Waals surface area contributed by atoms with Crippen molar-refractivity contribution in [3.05, 3.63) is 29.8 Å². The Morgan fingerprint density at radius 2 is 2.17 bits per heavy atom. The lowest BCUT2D eigenvalue weighted by molar-refractivity contribution is -0.130. The van der Waals surface area contributed by atoms with Crippen LogP contribution in [0.1, 0.15) is 18.9 Å². The number of methoxy groups -OCH3 is 1. The number of hydrogen-bond acceptors (Lipinski definition) is 2. The molecule has 1 aromatic carbocycles. The Bertz CT molecular complexity index is 376. The lowest BCUT2D eigenvalue weighted by atomic mass is 10.1. The zero-order valence-corrected chi connectivity index (χ0v) is 11.7. The van der Waals surface area contributed by atoms with E-state index in [-0.39, 0.29) is 5.91 Å². The Balaban J connectivity index is 2.66. The highest BCUT2D eigenvalue weighted by Crippen LogP contribution is 2.13. The molecule has 0 unspecified atom stereocenters. The summed E-state index contributed by atoms with van der Waals surface area (Å²) in [5.41, 5.74) is 0.968. The van der Waals surface area contributed by atoms with E-state index in [1.54, 1.807) is 7.11 Å². The molecular weight excluding hydrogens is 250 g/mol. The molecule has 0 N–H and O–H groups in total. The lowest BCUT2D eigenvalue weighted by Crippen LogP contribution is -2.34. The van der Waals surface area contributed by atoms with Crippen LogP contribution in [0.4, 0.5) is 0 Å². The minimum atomic E-state index is 0.116. The molecule has 0 spiro atoms. The average molecular weight is 270 g/mol. The molecular formula is C14H20ClNO2. The maximum atomic E-state index is 12.1. The second-order valence-electron chi connectivity index (χ2n) is 4.10. The van der Waals surface area contributed by atoms with Gasteiger partial charge in [0.15, 0.2) is 0 Å². The first kappa shape index (κ1) is 14.8. The Morgan fingerprint density at radius 1 is 1.39 bits per heavy atom. The molecule has 1 aromatic rings. The van der Waals surface area contributed by atoms with E-state index in [1.165, 1.54) is 0 Å². The highest BCUT2D eigenvalue weighted by atomic mass is 35.5. The summed E-state index contributed by atoms with van der Waals surface area (Å²) in [5.74, 6) is 1.37. The van der Waals surface area contributed by atoms with E-state index in [0.717, 1.165) is 24.3 Å². The molecule has 1 rings (SSSR count). The van der Waals surface area contributed by atoms with Gasteiger partial charge in [0.25, 0.3) is 0 Å². The summed E-state index contributed by atoms with van der Waals surface area (Å²) in [6.45, 7) is 3.42. The van der Waals surface area contributed by atoms with E-state index in [2.05, 4.69) is 6.92 Å². The van der Waals surface area contributed by atoms with Crippen molar-refractivity contribution < 1.29 is 9.53 Å². The molecule has 0 atom stereocenters. The fraction of sp³-hybridized carbons (Fsp3) is 0.500. The number of rotatable bonds is 7. The van der Waals surface area contributed by atoms with Crippen LogP contribution in [0.15, 0.2) is 24.3 Å². The molecule has 0 heterocycles. The number of nitrogens with zero attached hydrogens (tertiary/aromatic N) is 1. The highest BCUT2D eigenvalue weighted by molar-refractivity contribution is 6.18. The van der Waals surface area contributed by atoms with Crippen LogP contribution in [0.3, 0.4) is 0 Å². The molecule has 4 heteroatoms. The number of hydrogen-bond donors (Lipinski definition) is 0. The number of carbonyl (C=O) groups is 1. The van der Waals surface area contributed by atoms with Gasteiger partial charge in [-0.05, 0) is 24.1 Å². The molecule has 0 aliphatic carbocycles. The van der Waals surface area contributed by atoms with Crippen molar-refractivity contribution in [3.8, 4) is 5.75 Å².